The van der Waals surface area contributed by atoms with Crippen molar-refractivity contribution in [3.8, 4) is 11.3 Å². The lowest BCUT2D eigenvalue weighted by atomic mass is 10.2. The van der Waals surface area contributed by atoms with E-state index in [0.29, 0.717) is 23.6 Å². The van der Waals surface area contributed by atoms with Gasteiger partial charge < -0.3 is 19.5 Å². The third-order valence-corrected chi connectivity index (χ3v) is 5.28. The van der Waals surface area contributed by atoms with Gasteiger partial charge in [0.1, 0.15) is 5.82 Å². The fourth-order valence-electron chi connectivity index (χ4n) is 3.55. The van der Waals surface area contributed by atoms with Crippen LogP contribution in [-0.4, -0.2) is 49.0 Å². The maximum atomic E-state index is 13.9. The van der Waals surface area contributed by atoms with Crippen molar-refractivity contribution in [1.82, 2.24) is 9.88 Å². The first-order valence-corrected chi connectivity index (χ1v) is 10.1. The van der Waals surface area contributed by atoms with Gasteiger partial charge >= 0.3 is 0 Å². The predicted octanol–water partition coefficient (Wildman–Crippen LogP) is 3.80. The van der Waals surface area contributed by atoms with Crippen molar-refractivity contribution >= 4 is 17.3 Å². The average molecular weight is 408 g/mol. The number of hydrogen-bond acceptors (Lipinski definition) is 5. The molecule has 0 radical (unpaired) electrons. The number of amides is 1. The fraction of sp³-hybridized carbons (Fsp3) is 0.304. The monoisotopic (exact) mass is 408 g/mol. The summed E-state index contributed by atoms with van der Waals surface area (Å²) < 4.78 is 19.5. The zero-order valence-corrected chi connectivity index (χ0v) is 17.0. The molecule has 4 rings (SSSR count). The Bertz CT molecular complexity index is 1010. The van der Waals surface area contributed by atoms with Crippen molar-refractivity contribution in [3.05, 3.63) is 66.4 Å². The third kappa shape index (κ3) is 4.68. The van der Waals surface area contributed by atoms with Gasteiger partial charge in [0.2, 0.25) is 5.91 Å². The summed E-state index contributed by atoms with van der Waals surface area (Å²) in [6.45, 7) is 3.85. The van der Waals surface area contributed by atoms with Crippen LogP contribution >= 0.6 is 0 Å². The number of para-hydroxylation sites is 2. The molecular weight excluding hydrogens is 383 g/mol. The quantitative estimate of drug-likeness (QED) is 0.672. The molecule has 1 amide bonds. The van der Waals surface area contributed by atoms with Gasteiger partial charge in [-0.05, 0) is 31.3 Å². The lowest BCUT2D eigenvalue weighted by molar-refractivity contribution is -0.116. The molecule has 0 spiro atoms. The van der Waals surface area contributed by atoms with Crippen LogP contribution in [0, 0.1) is 5.82 Å². The van der Waals surface area contributed by atoms with E-state index in [1.54, 1.807) is 18.2 Å². The number of anilines is 2. The Labute approximate surface area is 175 Å². The second-order valence-corrected chi connectivity index (χ2v) is 7.45. The average Bonchev–Trinajstić information content (AvgIpc) is 3.23. The lowest BCUT2D eigenvalue weighted by Crippen LogP contribution is -2.44. The summed E-state index contributed by atoms with van der Waals surface area (Å²) in [6, 6.07) is 14.3. The summed E-state index contributed by atoms with van der Waals surface area (Å²) in [7, 11) is 2.12. The molecule has 0 bridgehead atoms. The highest BCUT2D eigenvalue weighted by atomic mass is 19.1. The second kappa shape index (κ2) is 9.09. The summed E-state index contributed by atoms with van der Waals surface area (Å²) in [4.78, 5) is 21.3. The molecule has 1 aliphatic rings. The molecular formula is C23H25FN4O2. The molecule has 2 heterocycles. The summed E-state index contributed by atoms with van der Waals surface area (Å²) >= 11 is 0. The number of likely N-dealkylation sites (N-methyl/N-ethyl adjacent to an activating group) is 1. The minimum Gasteiger partial charge on any atom is -0.441 e. The molecule has 0 saturated carbocycles. The molecule has 2 aromatic carbocycles. The van der Waals surface area contributed by atoms with Crippen LogP contribution in [0.15, 0.2) is 59.1 Å². The molecule has 1 N–H and O–H groups in total. The Morgan fingerprint density at radius 1 is 1.10 bits per heavy atom. The van der Waals surface area contributed by atoms with Crippen LogP contribution in [0.1, 0.15) is 12.3 Å². The number of aryl methyl sites for hydroxylation is 1. The van der Waals surface area contributed by atoms with E-state index < -0.39 is 0 Å². The summed E-state index contributed by atoms with van der Waals surface area (Å²) in [6.07, 6.45) is 2.07. The minimum absolute atomic E-state index is 0.109. The number of halogens is 1. The number of piperazine rings is 1. The van der Waals surface area contributed by atoms with Gasteiger partial charge in [-0.2, -0.15) is 0 Å². The zero-order chi connectivity index (χ0) is 20.9. The Hall–Kier alpha value is -3.19. The number of benzene rings is 2. The Morgan fingerprint density at radius 3 is 2.63 bits per heavy atom. The minimum atomic E-state index is -0.363. The number of oxazole rings is 1. The maximum absolute atomic E-state index is 13.9. The Balaban J connectivity index is 1.37. The van der Waals surface area contributed by atoms with Gasteiger partial charge in [0.25, 0.3) is 0 Å². The molecule has 1 fully saturated rings. The summed E-state index contributed by atoms with van der Waals surface area (Å²) in [5.74, 6) is 0.306. The van der Waals surface area contributed by atoms with Crippen molar-refractivity contribution in [2.45, 2.75) is 12.8 Å². The SMILES string of the molecule is CN1CCN(c2ccccc2NC(=O)CCc2ncc(-c3ccccc3F)o2)CC1. The first-order chi connectivity index (χ1) is 14.6. The van der Waals surface area contributed by atoms with Crippen LogP contribution in [0.4, 0.5) is 15.8 Å². The number of nitrogens with one attached hydrogen (secondary N) is 1. The highest BCUT2D eigenvalue weighted by Gasteiger charge is 2.18. The van der Waals surface area contributed by atoms with Crippen LogP contribution in [-0.2, 0) is 11.2 Å². The van der Waals surface area contributed by atoms with Gasteiger partial charge in [-0.15, -0.1) is 0 Å². The van der Waals surface area contributed by atoms with Crippen LogP contribution in [0.2, 0.25) is 0 Å². The molecule has 1 aliphatic heterocycles. The molecule has 7 heteroatoms. The van der Waals surface area contributed by atoms with Crippen molar-refractivity contribution in [3.63, 3.8) is 0 Å². The van der Waals surface area contributed by atoms with Crippen molar-refractivity contribution in [2.75, 3.05) is 43.4 Å². The number of nitrogens with zero attached hydrogens (tertiary/aromatic N) is 3. The van der Waals surface area contributed by atoms with E-state index in [0.717, 1.165) is 37.6 Å². The van der Waals surface area contributed by atoms with Gasteiger partial charge in [0.05, 0.1) is 23.1 Å². The van der Waals surface area contributed by atoms with E-state index in [1.165, 1.54) is 12.3 Å². The van der Waals surface area contributed by atoms with Crippen LogP contribution in [0.25, 0.3) is 11.3 Å². The standard InChI is InChI=1S/C23H25FN4O2/c1-27-12-14-28(15-13-27)20-9-5-4-8-19(20)26-22(29)10-11-23-25-16-21(30-23)17-6-2-3-7-18(17)24/h2-9,16H,10-15H2,1H3,(H,26,29). The van der Waals surface area contributed by atoms with Crippen molar-refractivity contribution in [1.29, 1.82) is 0 Å². The number of carbonyl (C=O) groups excluding carboxylic acids is 1. The first kappa shape index (κ1) is 20.1. The molecule has 3 aromatic rings. The zero-order valence-electron chi connectivity index (χ0n) is 17.0. The van der Waals surface area contributed by atoms with Gasteiger partial charge in [0.15, 0.2) is 11.7 Å². The Kier molecular flexibility index (Phi) is 6.09. The topological polar surface area (TPSA) is 61.6 Å². The summed E-state index contributed by atoms with van der Waals surface area (Å²) in [5, 5.41) is 3.01. The second-order valence-electron chi connectivity index (χ2n) is 7.45. The molecule has 30 heavy (non-hydrogen) atoms. The Morgan fingerprint density at radius 2 is 1.83 bits per heavy atom. The highest BCUT2D eigenvalue weighted by molar-refractivity contribution is 5.94. The summed E-state index contributed by atoms with van der Waals surface area (Å²) in [5.41, 5.74) is 2.21. The number of hydrogen-bond donors (Lipinski definition) is 1. The normalized spacial score (nSPS) is 14.7. The molecule has 0 aliphatic carbocycles. The van der Waals surface area contributed by atoms with E-state index in [9.17, 15) is 9.18 Å². The first-order valence-electron chi connectivity index (χ1n) is 10.1. The van der Waals surface area contributed by atoms with Gasteiger partial charge in [-0.1, -0.05) is 24.3 Å². The van der Waals surface area contributed by atoms with Crippen molar-refractivity contribution < 1.29 is 13.6 Å². The lowest BCUT2D eigenvalue weighted by Gasteiger charge is -2.35. The fourth-order valence-corrected chi connectivity index (χ4v) is 3.55. The van der Waals surface area contributed by atoms with E-state index in [4.69, 9.17) is 4.42 Å². The van der Waals surface area contributed by atoms with Gasteiger partial charge in [-0.25, -0.2) is 9.37 Å². The van der Waals surface area contributed by atoms with E-state index in [-0.39, 0.29) is 18.1 Å². The van der Waals surface area contributed by atoms with Crippen LogP contribution < -0.4 is 10.2 Å². The van der Waals surface area contributed by atoms with E-state index >= 15 is 0 Å². The third-order valence-electron chi connectivity index (χ3n) is 5.28. The highest BCUT2D eigenvalue weighted by Crippen LogP contribution is 2.27. The van der Waals surface area contributed by atoms with E-state index in [2.05, 4.69) is 27.1 Å². The molecule has 6 nitrogen and oxygen atoms in total. The molecule has 1 aromatic heterocycles. The van der Waals surface area contributed by atoms with Crippen molar-refractivity contribution in [2.24, 2.45) is 0 Å². The smallest absolute Gasteiger partial charge is 0.224 e. The predicted molar refractivity (Wildman–Crippen MR) is 115 cm³/mol. The molecule has 156 valence electrons. The van der Waals surface area contributed by atoms with Gasteiger partial charge in [0, 0.05) is 39.0 Å². The van der Waals surface area contributed by atoms with Crippen LogP contribution in [0.5, 0.6) is 0 Å². The number of rotatable bonds is 6. The van der Waals surface area contributed by atoms with Crippen LogP contribution in [0.3, 0.4) is 0 Å². The molecule has 0 unspecified atom stereocenters. The molecule has 1 saturated heterocycles. The van der Waals surface area contributed by atoms with E-state index in [1.807, 2.05) is 24.3 Å². The maximum Gasteiger partial charge on any atom is 0.224 e. The van der Waals surface area contributed by atoms with Gasteiger partial charge in [-0.3, -0.25) is 4.79 Å². The largest absolute Gasteiger partial charge is 0.441 e. The number of carbonyl (C=O) groups is 1. The number of aromatic nitrogens is 1. The molecule has 0 atom stereocenters.